The Morgan fingerprint density at radius 2 is 1.50 bits per heavy atom. The van der Waals surface area contributed by atoms with Crippen LogP contribution in [0.3, 0.4) is 0 Å². The Morgan fingerprint density at radius 1 is 0.781 bits per heavy atom. The summed E-state index contributed by atoms with van der Waals surface area (Å²) in [5.41, 5.74) is 7.90. The first-order valence-electron chi connectivity index (χ1n) is 9.87. The predicted molar refractivity (Wildman–Crippen MR) is 122 cm³/mol. The van der Waals surface area contributed by atoms with Gasteiger partial charge in [-0.15, -0.1) is 0 Å². The zero-order valence-corrected chi connectivity index (χ0v) is 17.2. The van der Waals surface area contributed by atoms with Crippen molar-refractivity contribution in [3.8, 4) is 28.6 Å². The third-order valence-corrected chi connectivity index (χ3v) is 5.03. The first kappa shape index (κ1) is 19.4. The molecule has 0 radical (unpaired) electrons. The number of methoxy groups -OCH3 is 1. The van der Waals surface area contributed by atoms with Crippen LogP contribution in [0.2, 0.25) is 0 Å². The zero-order chi connectivity index (χ0) is 22.1. The number of aromatic nitrogens is 4. The number of rotatable bonds is 5. The van der Waals surface area contributed by atoms with E-state index in [9.17, 15) is 4.79 Å². The largest absolute Gasteiger partial charge is 0.497 e. The van der Waals surface area contributed by atoms with Gasteiger partial charge in [-0.3, -0.25) is 4.57 Å². The molecule has 158 valence electrons. The van der Waals surface area contributed by atoms with Crippen LogP contribution in [0.1, 0.15) is 0 Å². The van der Waals surface area contributed by atoms with Gasteiger partial charge in [-0.2, -0.15) is 0 Å². The molecular weight excluding hydrogens is 406 g/mol. The predicted octanol–water partition coefficient (Wildman–Crippen LogP) is 3.95. The Morgan fingerprint density at radius 3 is 2.25 bits per heavy atom. The van der Waals surface area contributed by atoms with E-state index in [4.69, 9.17) is 15.2 Å². The third-order valence-electron chi connectivity index (χ3n) is 5.03. The second-order valence-electron chi connectivity index (χ2n) is 7.00. The van der Waals surface area contributed by atoms with Crippen LogP contribution in [-0.4, -0.2) is 26.2 Å². The molecule has 5 aromatic rings. The summed E-state index contributed by atoms with van der Waals surface area (Å²) in [5, 5.41) is 0. The Hall–Kier alpha value is -4.59. The molecule has 0 saturated carbocycles. The van der Waals surface area contributed by atoms with Crippen molar-refractivity contribution in [1.29, 1.82) is 0 Å². The van der Waals surface area contributed by atoms with Crippen LogP contribution < -0.4 is 20.9 Å². The van der Waals surface area contributed by atoms with Gasteiger partial charge < -0.3 is 15.2 Å². The van der Waals surface area contributed by atoms with Gasteiger partial charge in [0.15, 0.2) is 11.5 Å². The average Bonchev–Trinajstić information content (AvgIpc) is 3.13. The van der Waals surface area contributed by atoms with Crippen LogP contribution >= 0.6 is 0 Å². The summed E-state index contributed by atoms with van der Waals surface area (Å²) in [7, 11) is 1.57. The van der Waals surface area contributed by atoms with Crippen molar-refractivity contribution in [3.05, 3.63) is 95.7 Å². The smallest absolute Gasteiger partial charge is 0.339 e. The molecule has 2 aromatic heterocycles. The topological polar surface area (TPSA) is 97.2 Å². The molecule has 0 amide bonds. The minimum Gasteiger partial charge on any atom is -0.497 e. The van der Waals surface area contributed by atoms with Gasteiger partial charge in [0, 0.05) is 6.07 Å². The highest BCUT2D eigenvalue weighted by Crippen LogP contribution is 2.26. The maximum atomic E-state index is 13.5. The molecule has 3 aromatic carbocycles. The molecule has 0 aliphatic rings. The molecule has 0 bridgehead atoms. The summed E-state index contributed by atoms with van der Waals surface area (Å²) >= 11 is 0. The molecule has 0 aliphatic heterocycles. The van der Waals surface area contributed by atoms with Crippen LogP contribution in [0.5, 0.6) is 17.2 Å². The van der Waals surface area contributed by atoms with Crippen molar-refractivity contribution in [2.24, 2.45) is 0 Å². The minimum atomic E-state index is -0.322. The SMILES string of the molecule is COc1cccc(-n2c(=O)n(-c3ccc(Oc4ccccc4)cc3)c3c(N)ncnc32)c1. The van der Waals surface area contributed by atoms with E-state index in [1.165, 1.54) is 15.5 Å². The number of nitrogen functional groups attached to an aromatic ring is 1. The van der Waals surface area contributed by atoms with E-state index in [-0.39, 0.29) is 11.5 Å². The van der Waals surface area contributed by atoms with Crippen LogP contribution in [-0.2, 0) is 0 Å². The van der Waals surface area contributed by atoms with Crippen molar-refractivity contribution in [2.75, 3.05) is 12.8 Å². The highest BCUT2D eigenvalue weighted by molar-refractivity contribution is 5.85. The molecule has 8 heteroatoms. The Balaban J connectivity index is 1.65. The number of anilines is 1. The van der Waals surface area contributed by atoms with Gasteiger partial charge in [0.1, 0.15) is 29.1 Å². The number of imidazole rings is 1. The van der Waals surface area contributed by atoms with Gasteiger partial charge in [0.25, 0.3) is 0 Å². The molecule has 0 spiro atoms. The fourth-order valence-electron chi connectivity index (χ4n) is 3.56. The van der Waals surface area contributed by atoms with Crippen LogP contribution in [0.15, 0.2) is 90.0 Å². The molecular formula is C24H19N5O3. The normalized spacial score (nSPS) is 10.9. The monoisotopic (exact) mass is 425 g/mol. The lowest BCUT2D eigenvalue weighted by molar-refractivity contribution is 0.414. The van der Waals surface area contributed by atoms with E-state index in [0.717, 1.165) is 5.75 Å². The lowest BCUT2D eigenvalue weighted by Crippen LogP contribution is -2.22. The number of hydrogen-bond acceptors (Lipinski definition) is 6. The average molecular weight is 425 g/mol. The first-order chi connectivity index (χ1) is 15.7. The van der Waals surface area contributed by atoms with E-state index >= 15 is 0 Å². The zero-order valence-electron chi connectivity index (χ0n) is 17.2. The summed E-state index contributed by atoms with van der Waals surface area (Å²) in [4.78, 5) is 22.0. The van der Waals surface area contributed by atoms with Crippen molar-refractivity contribution in [1.82, 2.24) is 19.1 Å². The van der Waals surface area contributed by atoms with E-state index in [1.807, 2.05) is 48.5 Å². The Kier molecular flexibility index (Phi) is 4.79. The number of para-hydroxylation sites is 1. The fraction of sp³-hybridized carbons (Fsp3) is 0.0417. The second-order valence-corrected chi connectivity index (χ2v) is 7.00. The summed E-state index contributed by atoms with van der Waals surface area (Å²) in [6.45, 7) is 0. The van der Waals surface area contributed by atoms with Gasteiger partial charge in [-0.1, -0.05) is 24.3 Å². The summed E-state index contributed by atoms with van der Waals surface area (Å²) < 4.78 is 14.2. The maximum Gasteiger partial charge on any atom is 0.339 e. The number of nitrogens with two attached hydrogens (primary N) is 1. The molecule has 32 heavy (non-hydrogen) atoms. The molecule has 0 atom stereocenters. The number of fused-ring (bicyclic) bond motifs is 1. The molecule has 0 fully saturated rings. The molecule has 0 aliphatic carbocycles. The first-order valence-corrected chi connectivity index (χ1v) is 9.87. The standard InChI is InChI=1S/C24H19N5O3/c1-31-20-9-5-6-17(14-20)29-23-21(22(25)26-15-27-23)28(24(29)30)16-10-12-19(13-11-16)32-18-7-3-2-4-8-18/h2-15H,1H3,(H2,25,26,27). The van der Waals surface area contributed by atoms with Gasteiger partial charge >= 0.3 is 5.69 Å². The number of benzene rings is 3. The maximum absolute atomic E-state index is 13.5. The van der Waals surface area contributed by atoms with Crippen LogP contribution in [0.25, 0.3) is 22.5 Å². The van der Waals surface area contributed by atoms with E-state index in [2.05, 4.69) is 9.97 Å². The van der Waals surface area contributed by atoms with Gasteiger partial charge in [-0.25, -0.2) is 19.3 Å². The number of ether oxygens (including phenoxy) is 2. The number of nitrogens with zero attached hydrogens (tertiary/aromatic N) is 4. The van der Waals surface area contributed by atoms with Crippen LogP contribution in [0.4, 0.5) is 5.82 Å². The summed E-state index contributed by atoms with van der Waals surface area (Å²) in [5.74, 6) is 2.21. The Bertz CT molecular complexity index is 1460. The molecule has 2 heterocycles. The quantitative estimate of drug-likeness (QED) is 0.458. The highest BCUT2D eigenvalue weighted by Gasteiger charge is 2.20. The number of hydrogen-bond donors (Lipinski definition) is 1. The van der Waals surface area contributed by atoms with Crippen LogP contribution in [0, 0.1) is 0 Å². The second kappa shape index (κ2) is 7.92. The lowest BCUT2D eigenvalue weighted by atomic mass is 10.3. The highest BCUT2D eigenvalue weighted by atomic mass is 16.5. The molecule has 0 unspecified atom stereocenters. The van der Waals surface area contributed by atoms with Crippen molar-refractivity contribution in [3.63, 3.8) is 0 Å². The van der Waals surface area contributed by atoms with Gasteiger partial charge in [0.2, 0.25) is 0 Å². The lowest BCUT2D eigenvalue weighted by Gasteiger charge is -2.08. The van der Waals surface area contributed by atoms with Gasteiger partial charge in [-0.05, 0) is 48.5 Å². The summed E-state index contributed by atoms with van der Waals surface area (Å²) in [6, 6.07) is 23.8. The third kappa shape index (κ3) is 3.33. The van der Waals surface area contributed by atoms with Crippen molar-refractivity contribution in [2.45, 2.75) is 0 Å². The molecule has 2 N–H and O–H groups in total. The molecule has 8 nitrogen and oxygen atoms in total. The fourth-order valence-corrected chi connectivity index (χ4v) is 3.56. The van der Waals surface area contributed by atoms with E-state index < -0.39 is 0 Å². The summed E-state index contributed by atoms with van der Waals surface area (Å²) in [6.07, 6.45) is 1.34. The molecule has 0 saturated heterocycles. The Labute approximate surface area is 183 Å². The minimum absolute atomic E-state index is 0.207. The van der Waals surface area contributed by atoms with E-state index in [1.54, 1.807) is 37.4 Å². The van der Waals surface area contributed by atoms with E-state index in [0.29, 0.717) is 34.0 Å². The van der Waals surface area contributed by atoms with Crippen molar-refractivity contribution >= 4 is 17.0 Å². The molecule has 5 rings (SSSR count). The van der Waals surface area contributed by atoms with Gasteiger partial charge in [0.05, 0.1) is 18.5 Å². The van der Waals surface area contributed by atoms with Crippen molar-refractivity contribution < 1.29 is 9.47 Å².